The minimum atomic E-state index is 0. The molecule has 44 valence electrons. The first kappa shape index (κ1) is 6.84. The Morgan fingerprint density at radius 3 is 2.00 bits per heavy atom. The highest BCUT2D eigenvalue weighted by molar-refractivity contribution is 5.11. The van der Waals surface area contributed by atoms with E-state index in [0.29, 0.717) is 5.95 Å². The largest absolute Gasteiger partial charge is 0.368 e. The van der Waals surface area contributed by atoms with Crippen molar-refractivity contribution in [2.24, 2.45) is 0 Å². The molecule has 1 heterocycles. The number of nitrogens with two attached hydrogens (primary N) is 1. The Bertz CT molecular complexity index is 138. The first-order valence-corrected chi connectivity index (χ1v) is 1.92. The van der Waals surface area contributed by atoms with Crippen LogP contribution < -0.4 is 11.9 Å². The Kier molecular flexibility index (Phi) is 2.50. The summed E-state index contributed by atoms with van der Waals surface area (Å²) in [5, 5.41) is 0. The first-order chi connectivity index (χ1) is 3.39. The molecular weight excluding hydrogens is 104 g/mol. The molecule has 4 nitrogen and oxygen atoms in total. The van der Waals surface area contributed by atoms with Crippen LogP contribution in [-0.4, -0.2) is 9.97 Å². The molecule has 0 aliphatic heterocycles. The number of rotatable bonds is 0. The van der Waals surface area contributed by atoms with E-state index in [1.54, 1.807) is 18.5 Å². The molecule has 0 amide bonds. The summed E-state index contributed by atoms with van der Waals surface area (Å²) in [7, 11) is 0. The number of nitrogen functional groups attached to an aromatic ring is 1. The van der Waals surface area contributed by atoms with Crippen LogP contribution in [0.1, 0.15) is 0 Å². The first-order valence-electron chi connectivity index (χ1n) is 1.92. The molecule has 0 spiro atoms. The summed E-state index contributed by atoms with van der Waals surface area (Å²) in [5.74, 6) is 0.322. The van der Waals surface area contributed by atoms with Gasteiger partial charge in [-0.3, -0.25) is 0 Å². The molecule has 0 bridgehead atoms. The average Bonchev–Trinajstić information content (AvgIpc) is 1.69. The van der Waals surface area contributed by atoms with E-state index in [4.69, 9.17) is 5.73 Å². The third kappa shape index (κ3) is 1.53. The second kappa shape index (κ2) is 2.92. The van der Waals surface area contributed by atoms with E-state index in [9.17, 15) is 0 Å². The number of anilines is 1. The Labute approximate surface area is 47.3 Å². The zero-order chi connectivity index (χ0) is 5.11. The van der Waals surface area contributed by atoms with Crippen LogP contribution in [-0.2, 0) is 0 Å². The highest BCUT2D eigenvalue weighted by Gasteiger charge is 1.75. The Morgan fingerprint density at radius 2 is 1.75 bits per heavy atom. The van der Waals surface area contributed by atoms with E-state index in [2.05, 4.69) is 9.97 Å². The molecule has 1 aromatic rings. The van der Waals surface area contributed by atoms with Crippen LogP contribution in [0.5, 0.6) is 0 Å². The smallest absolute Gasteiger partial charge is 0.219 e. The SMILES string of the molecule is N.Nc1ncccn1. The lowest BCUT2D eigenvalue weighted by Crippen LogP contribution is -1.90. The summed E-state index contributed by atoms with van der Waals surface area (Å²) < 4.78 is 0. The molecule has 1 aromatic heterocycles. The van der Waals surface area contributed by atoms with E-state index >= 15 is 0 Å². The fourth-order valence-corrected chi connectivity index (χ4v) is 0.311. The van der Waals surface area contributed by atoms with Gasteiger partial charge in [-0.1, -0.05) is 0 Å². The lowest BCUT2D eigenvalue weighted by atomic mass is 10.7. The van der Waals surface area contributed by atoms with Crippen LogP contribution in [0.25, 0.3) is 0 Å². The molecule has 0 radical (unpaired) electrons. The fourth-order valence-electron chi connectivity index (χ4n) is 0.311. The van der Waals surface area contributed by atoms with Crippen molar-refractivity contribution in [3.63, 3.8) is 0 Å². The molecule has 8 heavy (non-hydrogen) atoms. The number of hydrogen-bond acceptors (Lipinski definition) is 4. The highest BCUT2D eigenvalue weighted by atomic mass is 15.0. The van der Waals surface area contributed by atoms with Crippen molar-refractivity contribution in [1.82, 2.24) is 16.1 Å². The molecule has 0 atom stereocenters. The molecule has 0 aromatic carbocycles. The van der Waals surface area contributed by atoms with E-state index in [0.717, 1.165) is 0 Å². The molecule has 0 saturated carbocycles. The molecule has 4 heteroatoms. The van der Waals surface area contributed by atoms with Crippen molar-refractivity contribution in [3.05, 3.63) is 18.5 Å². The van der Waals surface area contributed by atoms with Crippen molar-refractivity contribution < 1.29 is 0 Å². The van der Waals surface area contributed by atoms with E-state index in [-0.39, 0.29) is 6.15 Å². The predicted molar refractivity (Wildman–Crippen MR) is 31.5 cm³/mol. The van der Waals surface area contributed by atoms with Crippen LogP contribution in [0.2, 0.25) is 0 Å². The quantitative estimate of drug-likeness (QED) is 0.502. The van der Waals surface area contributed by atoms with Crippen molar-refractivity contribution in [2.75, 3.05) is 5.73 Å². The van der Waals surface area contributed by atoms with Crippen LogP contribution in [0.3, 0.4) is 0 Å². The van der Waals surface area contributed by atoms with Gasteiger partial charge in [0.25, 0.3) is 0 Å². The van der Waals surface area contributed by atoms with Crippen molar-refractivity contribution in [2.45, 2.75) is 0 Å². The van der Waals surface area contributed by atoms with Crippen molar-refractivity contribution >= 4 is 5.95 Å². The number of aromatic nitrogens is 2. The number of nitrogens with zero attached hydrogens (tertiary/aromatic N) is 2. The molecule has 5 N–H and O–H groups in total. The Balaban J connectivity index is 0.000000490. The molecule has 1 rings (SSSR count). The maximum absolute atomic E-state index is 5.14. The Morgan fingerprint density at radius 1 is 1.25 bits per heavy atom. The summed E-state index contributed by atoms with van der Waals surface area (Å²) in [5.41, 5.74) is 5.14. The van der Waals surface area contributed by atoms with Gasteiger partial charge in [0.1, 0.15) is 0 Å². The van der Waals surface area contributed by atoms with Gasteiger partial charge >= 0.3 is 0 Å². The van der Waals surface area contributed by atoms with Gasteiger partial charge in [0.2, 0.25) is 5.95 Å². The standard InChI is InChI=1S/C4H5N3.H3N/c5-4-6-2-1-3-7-4;/h1-3H,(H2,5,6,7);1H3. The van der Waals surface area contributed by atoms with E-state index in [1.807, 2.05) is 0 Å². The minimum absolute atomic E-state index is 0. The second-order valence-corrected chi connectivity index (χ2v) is 1.11. The third-order valence-corrected chi connectivity index (χ3v) is 0.586. The van der Waals surface area contributed by atoms with Gasteiger partial charge in [-0.2, -0.15) is 0 Å². The van der Waals surface area contributed by atoms with Gasteiger partial charge in [-0.25, -0.2) is 9.97 Å². The van der Waals surface area contributed by atoms with Crippen LogP contribution in [0.4, 0.5) is 5.95 Å². The zero-order valence-electron chi connectivity index (χ0n) is 4.41. The summed E-state index contributed by atoms with van der Waals surface area (Å²) >= 11 is 0. The molecule has 0 fully saturated rings. The van der Waals surface area contributed by atoms with Gasteiger partial charge in [-0.05, 0) is 6.07 Å². The van der Waals surface area contributed by atoms with Crippen LogP contribution in [0, 0.1) is 0 Å². The lowest BCUT2D eigenvalue weighted by Gasteiger charge is -1.82. The summed E-state index contributed by atoms with van der Waals surface area (Å²) in [6, 6.07) is 1.72. The molecule has 0 unspecified atom stereocenters. The minimum Gasteiger partial charge on any atom is -0.368 e. The Hall–Kier alpha value is -1.16. The van der Waals surface area contributed by atoms with Crippen LogP contribution >= 0.6 is 0 Å². The second-order valence-electron chi connectivity index (χ2n) is 1.11. The monoisotopic (exact) mass is 112 g/mol. The predicted octanol–water partition coefficient (Wildman–Crippen LogP) is 0.221. The normalized spacial score (nSPS) is 7.50. The van der Waals surface area contributed by atoms with Crippen molar-refractivity contribution in [1.29, 1.82) is 0 Å². The van der Waals surface area contributed by atoms with E-state index < -0.39 is 0 Å². The molecular formula is C4H8N4. The number of hydrogen-bond donors (Lipinski definition) is 2. The molecule has 0 aliphatic rings. The maximum atomic E-state index is 5.14. The zero-order valence-corrected chi connectivity index (χ0v) is 4.41. The maximum Gasteiger partial charge on any atom is 0.219 e. The third-order valence-electron chi connectivity index (χ3n) is 0.586. The highest BCUT2D eigenvalue weighted by Crippen LogP contribution is 1.81. The summed E-state index contributed by atoms with van der Waals surface area (Å²) in [6.07, 6.45) is 3.20. The van der Waals surface area contributed by atoms with Gasteiger partial charge in [0.05, 0.1) is 0 Å². The summed E-state index contributed by atoms with van der Waals surface area (Å²) in [4.78, 5) is 7.29. The van der Waals surface area contributed by atoms with Crippen molar-refractivity contribution in [3.8, 4) is 0 Å². The van der Waals surface area contributed by atoms with Gasteiger partial charge in [-0.15, -0.1) is 0 Å². The average molecular weight is 112 g/mol. The fraction of sp³-hybridized carbons (Fsp3) is 0. The topological polar surface area (TPSA) is 86.8 Å². The molecule has 0 aliphatic carbocycles. The lowest BCUT2D eigenvalue weighted by molar-refractivity contribution is 1.19. The van der Waals surface area contributed by atoms with Gasteiger partial charge in [0, 0.05) is 12.4 Å². The summed E-state index contributed by atoms with van der Waals surface area (Å²) in [6.45, 7) is 0. The van der Waals surface area contributed by atoms with Gasteiger partial charge in [0.15, 0.2) is 0 Å². The van der Waals surface area contributed by atoms with E-state index in [1.165, 1.54) is 0 Å². The van der Waals surface area contributed by atoms with Gasteiger partial charge < -0.3 is 11.9 Å². The van der Waals surface area contributed by atoms with Crippen LogP contribution in [0.15, 0.2) is 18.5 Å². The molecule has 0 saturated heterocycles.